The number of benzene rings is 2. The highest BCUT2D eigenvalue weighted by atomic mass is 16.7. The van der Waals surface area contributed by atoms with Gasteiger partial charge in [-0.3, -0.25) is 25.0 Å². The van der Waals surface area contributed by atoms with Crippen LogP contribution in [-0.2, 0) is 54.1 Å². The van der Waals surface area contributed by atoms with Crippen LogP contribution in [-0.4, -0.2) is 93.2 Å². The lowest BCUT2D eigenvalue weighted by molar-refractivity contribution is -0.384. The highest BCUT2D eigenvalue weighted by molar-refractivity contribution is 5.87. The molecule has 52 heavy (non-hydrogen) atoms. The first-order chi connectivity index (χ1) is 24.8. The number of nitro benzene ring substituents is 1. The largest absolute Gasteiger partial charge is 0.514 e. The molecular weight excluding hydrogens is 698 g/mol. The molecule has 21 heteroatoms. The Morgan fingerprint density at radius 2 is 1.67 bits per heavy atom. The van der Waals surface area contributed by atoms with Crippen molar-refractivity contribution < 1.29 is 71.5 Å². The van der Waals surface area contributed by atoms with Crippen LogP contribution in [0, 0.1) is 16.0 Å². The summed E-state index contributed by atoms with van der Waals surface area (Å²) in [4.78, 5) is 74.7. The van der Waals surface area contributed by atoms with Gasteiger partial charge >= 0.3 is 30.2 Å². The second-order valence-corrected chi connectivity index (χ2v) is 10.6. The molecule has 21 nitrogen and oxygen atoms in total. The maximum atomic E-state index is 13.2. The zero-order valence-corrected chi connectivity index (χ0v) is 28.3. The standard InChI is InChI=1S/C31H35N5O16/c1-17-25(48-18(2)37)27(49-19(3)38)29(51-26(17)28(39)44-4)52-30(40)34-23-10-5-20(15-24(23)46-14-13-45-12-11-33-35-32)16-47-31(41)50-22-8-6-21(7-9-22)36(42)43/h5-10,15,17,25-27,29H,11-14,16H2,1-4H3,(H,34,40)/t17-,25-,26-,27+,29-/m0/s1. The van der Waals surface area contributed by atoms with Crippen LogP contribution in [0.3, 0.4) is 0 Å². The van der Waals surface area contributed by atoms with Crippen molar-refractivity contribution in [3.05, 3.63) is 68.6 Å². The fourth-order valence-electron chi connectivity index (χ4n) is 4.62. The molecule has 3 rings (SSSR count). The van der Waals surface area contributed by atoms with E-state index in [1.807, 2.05) is 0 Å². The summed E-state index contributed by atoms with van der Waals surface area (Å²) in [6.07, 6.45) is -8.18. The van der Waals surface area contributed by atoms with Crippen molar-refractivity contribution in [3.63, 3.8) is 0 Å². The number of anilines is 1. The Morgan fingerprint density at radius 3 is 2.31 bits per heavy atom. The summed E-state index contributed by atoms with van der Waals surface area (Å²) in [6, 6.07) is 9.00. The number of esters is 3. The van der Waals surface area contributed by atoms with Crippen molar-refractivity contribution in [3.8, 4) is 11.5 Å². The summed E-state index contributed by atoms with van der Waals surface area (Å²) in [6.45, 7) is 3.51. The molecule has 1 aliphatic rings. The number of hydrogen-bond donors (Lipinski definition) is 1. The van der Waals surface area contributed by atoms with Gasteiger partial charge in [-0.2, -0.15) is 0 Å². The number of rotatable bonds is 16. The van der Waals surface area contributed by atoms with E-state index in [0.717, 1.165) is 33.1 Å². The number of ether oxygens (including phenoxy) is 9. The maximum Gasteiger partial charge on any atom is 0.514 e. The summed E-state index contributed by atoms with van der Waals surface area (Å²) in [5.74, 6) is -3.31. The zero-order chi connectivity index (χ0) is 38.2. The van der Waals surface area contributed by atoms with E-state index in [2.05, 4.69) is 15.3 Å². The lowest BCUT2D eigenvalue weighted by Crippen LogP contribution is -2.59. The van der Waals surface area contributed by atoms with Gasteiger partial charge in [0.2, 0.25) is 12.4 Å². The number of hydrogen-bond acceptors (Lipinski definition) is 17. The number of azide groups is 1. The van der Waals surface area contributed by atoms with Gasteiger partial charge in [0.1, 0.15) is 24.7 Å². The molecule has 0 bridgehead atoms. The lowest BCUT2D eigenvalue weighted by Gasteiger charge is -2.42. The first-order valence-corrected chi connectivity index (χ1v) is 15.3. The Morgan fingerprint density at radius 1 is 0.981 bits per heavy atom. The van der Waals surface area contributed by atoms with Crippen LogP contribution in [0.15, 0.2) is 47.6 Å². The molecule has 1 N–H and O–H groups in total. The molecule has 280 valence electrons. The minimum Gasteiger partial charge on any atom is -0.489 e. The van der Waals surface area contributed by atoms with Crippen LogP contribution < -0.4 is 14.8 Å². The third-order valence-corrected chi connectivity index (χ3v) is 6.90. The fourth-order valence-corrected chi connectivity index (χ4v) is 4.62. The molecule has 1 saturated heterocycles. The minimum atomic E-state index is -1.75. The van der Waals surface area contributed by atoms with Gasteiger partial charge in [0.25, 0.3) is 5.69 Å². The monoisotopic (exact) mass is 733 g/mol. The molecule has 1 aliphatic heterocycles. The van der Waals surface area contributed by atoms with E-state index in [1.165, 1.54) is 37.3 Å². The molecule has 0 radical (unpaired) electrons. The number of nitrogens with zero attached hydrogens (tertiary/aromatic N) is 4. The van der Waals surface area contributed by atoms with E-state index in [4.69, 9.17) is 48.2 Å². The summed E-state index contributed by atoms with van der Waals surface area (Å²) in [5.41, 5.74) is 8.59. The first-order valence-electron chi connectivity index (χ1n) is 15.3. The average molecular weight is 734 g/mol. The van der Waals surface area contributed by atoms with Gasteiger partial charge in [0, 0.05) is 43.4 Å². The minimum absolute atomic E-state index is 0.00238. The molecule has 0 aliphatic carbocycles. The number of methoxy groups -OCH3 is 1. The zero-order valence-electron chi connectivity index (χ0n) is 28.3. The van der Waals surface area contributed by atoms with Crippen LogP contribution in [0.2, 0.25) is 0 Å². The van der Waals surface area contributed by atoms with E-state index in [0.29, 0.717) is 5.56 Å². The number of carbonyl (C=O) groups is 5. The topological polar surface area (TPSA) is 272 Å². The van der Waals surface area contributed by atoms with Gasteiger partial charge in [0.05, 0.1) is 30.9 Å². The highest BCUT2D eigenvalue weighted by Crippen LogP contribution is 2.33. The van der Waals surface area contributed by atoms with Crippen LogP contribution >= 0.6 is 0 Å². The molecular formula is C31H35N5O16. The van der Waals surface area contributed by atoms with Crippen molar-refractivity contribution in [2.75, 3.05) is 38.8 Å². The Hall–Kier alpha value is -6.18. The molecule has 5 atom stereocenters. The van der Waals surface area contributed by atoms with Crippen molar-refractivity contribution in [2.24, 2.45) is 11.0 Å². The third-order valence-electron chi connectivity index (χ3n) is 6.90. The van der Waals surface area contributed by atoms with Crippen molar-refractivity contribution in [1.29, 1.82) is 0 Å². The molecule has 1 fully saturated rings. The average Bonchev–Trinajstić information content (AvgIpc) is 3.10. The van der Waals surface area contributed by atoms with Crippen LogP contribution in [0.25, 0.3) is 10.4 Å². The van der Waals surface area contributed by atoms with E-state index >= 15 is 0 Å². The lowest BCUT2D eigenvalue weighted by atomic mass is 9.90. The summed E-state index contributed by atoms with van der Waals surface area (Å²) < 4.78 is 47.8. The van der Waals surface area contributed by atoms with Gasteiger partial charge in [-0.25, -0.2) is 14.4 Å². The van der Waals surface area contributed by atoms with Crippen molar-refractivity contribution in [1.82, 2.24) is 0 Å². The van der Waals surface area contributed by atoms with Gasteiger partial charge in [-0.1, -0.05) is 18.1 Å². The molecule has 0 unspecified atom stereocenters. The quantitative estimate of drug-likeness (QED) is 0.0294. The Labute approximate surface area is 295 Å². The normalized spacial score (nSPS) is 19.1. The Kier molecular flexibility index (Phi) is 15.4. The SMILES string of the molecule is COC(=O)[C@H]1O[C@@H](OC(=O)Nc2ccc(COC(=O)Oc3ccc([N+](=O)[O-])cc3)cc2OCCOCCN=[N+]=[N-])[C@H](OC(C)=O)[C@@H](OC(C)=O)[C@@H]1C. The first kappa shape index (κ1) is 40.3. The number of carbonyl (C=O) groups excluding carboxylic acids is 5. The number of nitro groups is 1. The van der Waals surface area contributed by atoms with Crippen LogP contribution in [0.5, 0.6) is 11.5 Å². The van der Waals surface area contributed by atoms with Gasteiger partial charge in [-0.15, -0.1) is 0 Å². The highest BCUT2D eigenvalue weighted by Gasteiger charge is 2.52. The molecule has 1 heterocycles. The summed E-state index contributed by atoms with van der Waals surface area (Å²) in [5, 5.41) is 16.6. The summed E-state index contributed by atoms with van der Waals surface area (Å²) in [7, 11) is 1.10. The van der Waals surface area contributed by atoms with Crippen molar-refractivity contribution >= 4 is 41.5 Å². The molecule has 2 aromatic rings. The fraction of sp³-hybridized carbons (Fsp3) is 0.452. The van der Waals surface area contributed by atoms with Gasteiger partial charge in [0.15, 0.2) is 12.2 Å². The Bertz CT molecular complexity index is 1650. The van der Waals surface area contributed by atoms with E-state index in [9.17, 15) is 34.1 Å². The Balaban J connectivity index is 1.77. The van der Waals surface area contributed by atoms with Crippen LogP contribution in [0.1, 0.15) is 26.3 Å². The van der Waals surface area contributed by atoms with E-state index in [1.54, 1.807) is 0 Å². The van der Waals surface area contributed by atoms with Crippen molar-refractivity contribution in [2.45, 2.75) is 52.0 Å². The molecule has 1 amide bonds. The van der Waals surface area contributed by atoms with Crippen LogP contribution in [0.4, 0.5) is 21.0 Å². The van der Waals surface area contributed by atoms with Gasteiger partial charge < -0.3 is 42.6 Å². The number of amides is 1. The molecule has 0 aromatic heterocycles. The second kappa shape index (κ2) is 19.9. The van der Waals surface area contributed by atoms with E-state index < -0.39 is 65.6 Å². The smallest absolute Gasteiger partial charge is 0.489 e. The van der Waals surface area contributed by atoms with E-state index in [-0.39, 0.29) is 55.8 Å². The number of non-ortho nitro benzene ring substituents is 1. The maximum absolute atomic E-state index is 13.2. The predicted molar refractivity (Wildman–Crippen MR) is 172 cm³/mol. The molecule has 2 aromatic carbocycles. The van der Waals surface area contributed by atoms with Gasteiger partial charge in [-0.05, 0) is 35.4 Å². The third kappa shape index (κ3) is 12.3. The molecule has 0 spiro atoms. The predicted octanol–water partition coefficient (Wildman–Crippen LogP) is 3.96. The second-order valence-electron chi connectivity index (χ2n) is 10.6. The summed E-state index contributed by atoms with van der Waals surface area (Å²) >= 11 is 0. The number of nitrogens with one attached hydrogen (secondary N) is 1. The molecule has 0 saturated carbocycles.